The number of carbonyl (C=O) groups excluding carboxylic acids is 3. The zero-order valence-corrected chi connectivity index (χ0v) is 39.4. The lowest BCUT2D eigenvalue weighted by Crippen LogP contribution is -2.30. The summed E-state index contributed by atoms with van der Waals surface area (Å²) in [5.41, 5.74) is 0. The van der Waals surface area contributed by atoms with Gasteiger partial charge >= 0.3 is 17.9 Å². The van der Waals surface area contributed by atoms with Gasteiger partial charge in [-0.1, -0.05) is 227 Å². The molecule has 61 heavy (non-hydrogen) atoms. The first-order valence-electron chi connectivity index (χ1n) is 24.8. The van der Waals surface area contributed by atoms with Crippen molar-refractivity contribution in [1.82, 2.24) is 0 Å². The molecule has 1 atom stereocenters. The van der Waals surface area contributed by atoms with Crippen LogP contribution >= 0.6 is 0 Å². The number of unbranched alkanes of at least 4 members (excludes halogenated alkanes) is 20. The summed E-state index contributed by atoms with van der Waals surface area (Å²) in [6, 6.07) is 0. The zero-order valence-electron chi connectivity index (χ0n) is 39.4. The van der Waals surface area contributed by atoms with Crippen LogP contribution in [0.4, 0.5) is 0 Å². The lowest BCUT2D eigenvalue weighted by molar-refractivity contribution is -0.167. The number of hydrogen-bond acceptors (Lipinski definition) is 6. The lowest BCUT2D eigenvalue weighted by Gasteiger charge is -2.18. The Morgan fingerprint density at radius 3 is 1.23 bits per heavy atom. The molecule has 0 fully saturated rings. The number of esters is 3. The molecule has 0 aliphatic carbocycles. The highest BCUT2D eigenvalue weighted by atomic mass is 16.6. The second kappa shape index (κ2) is 49.0. The van der Waals surface area contributed by atoms with Crippen LogP contribution in [0.2, 0.25) is 0 Å². The Bertz CT molecular complexity index is 1250. The fourth-order valence-corrected chi connectivity index (χ4v) is 6.54. The van der Waals surface area contributed by atoms with Gasteiger partial charge in [-0.2, -0.15) is 0 Å². The highest BCUT2D eigenvalue weighted by Crippen LogP contribution is 2.14. The Balaban J connectivity index is 4.43. The van der Waals surface area contributed by atoms with Crippen LogP contribution in [-0.2, 0) is 28.6 Å². The summed E-state index contributed by atoms with van der Waals surface area (Å²) in [5, 5.41) is 0. The standard InChI is InChI=1S/C55H90O6/c1-4-7-10-13-16-19-22-24-25-26-27-28-29-31-33-36-39-42-45-48-54(57)60-51-52(50-59-53(56)47-44-41-38-35-32-21-18-15-12-9-6-3)61-55(58)49-46-43-40-37-34-30-23-20-17-14-11-8-5-2/h7-8,10-11,14,16-17,19-20,23-25,30,34,37,40,52H,4-6,9,12-13,15,18,21-22,26-29,31-33,35-36,38-39,41-51H2,1-3H3/b10-7-,11-8-,17-14-,19-16-,23-20-,25-24-,34-30-,40-37-. The summed E-state index contributed by atoms with van der Waals surface area (Å²) in [4.78, 5) is 37.8. The summed E-state index contributed by atoms with van der Waals surface area (Å²) < 4.78 is 16.7. The molecule has 6 heteroatoms. The molecule has 0 amide bonds. The van der Waals surface area contributed by atoms with Crippen molar-refractivity contribution in [1.29, 1.82) is 0 Å². The monoisotopic (exact) mass is 847 g/mol. The van der Waals surface area contributed by atoms with Crippen LogP contribution in [0.15, 0.2) is 97.2 Å². The largest absolute Gasteiger partial charge is 0.462 e. The van der Waals surface area contributed by atoms with E-state index in [1.165, 1.54) is 96.3 Å². The molecule has 0 aliphatic rings. The minimum Gasteiger partial charge on any atom is -0.462 e. The first kappa shape index (κ1) is 57.3. The van der Waals surface area contributed by atoms with Gasteiger partial charge in [0.15, 0.2) is 6.10 Å². The lowest BCUT2D eigenvalue weighted by atomic mass is 10.1. The molecule has 0 aromatic heterocycles. The molecule has 6 nitrogen and oxygen atoms in total. The van der Waals surface area contributed by atoms with E-state index in [1.807, 2.05) is 54.7 Å². The second-order valence-electron chi connectivity index (χ2n) is 16.1. The Morgan fingerprint density at radius 1 is 0.361 bits per heavy atom. The van der Waals surface area contributed by atoms with Crippen LogP contribution in [0.25, 0.3) is 0 Å². The van der Waals surface area contributed by atoms with E-state index >= 15 is 0 Å². The molecule has 0 saturated heterocycles. The molecule has 0 aliphatic heterocycles. The van der Waals surface area contributed by atoms with E-state index in [0.717, 1.165) is 70.6 Å². The molecule has 1 unspecified atom stereocenters. The number of carbonyl (C=O) groups is 3. The molecule has 0 heterocycles. The van der Waals surface area contributed by atoms with E-state index < -0.39 is 6.10 Å². The van der Waals surface area contributed by atoms with Gasteiger partial charge in [0.1, 0.15) is 13.2 Å². The quantitative estimate of drug-likeness (QED) is 0.0200. The summed E-state index contributed by atoms with van der Waals surface area (Å²) >= 11 is 0. The maximum atomic E-state index is 12.7. The molecule has 0 radical (unpaired) electrons. The van der Waals surface area contributed by atoms with Gasteiger partial charge in [0.05, 0.1) is 0 Å². The summed E-state index contributed by atoms with van der Waals surface area (Å²) in [7, 11) is 0. The fraction of sp³-hybridized carbons (Fsp3) is 0.655. The smallest absolute Gasteiger partial charge is 0.306 e. The van der Waals surface area contributed by atoms with Gasteiger partial charge in [-0.25, -0.2) is 0 Å². The van der Waals surface area contributed by atoms with Crippen molar-refractivity contribution in [3.05, 3.63) is 97.2 Å². The van der Waals surface area contributed by atoms with Crippen LogP contribution in [0.5, 0.6) is 0 Å². The Labute approximate surface area is 375 Å². The van der Waals surface area contributed by atoms with Crippen LogP contribution in [-0.4, -0.2) is 37.2 Å². The highest BCUT2D eigenvalue weighted by Gasteiger charge is 2.19. The first-order chi connectivity index (χ1) is 30.0. The van der Waals surface area contributed by atoms with Crippen molar-refractivity contribution in [3.63, 3.8) is 0 Å². The molecular formula is C55H90O6. The molecule has 346 valence electrons. The van der Waals surface area contributed by atoms with Crippen molar-refractivity contribution in [2.75, 3.05) is 13.2 Å². The van der Waals surface area contributed by atoms with Gasteiger partial charge in [-0.15, -0.1) is 0 Å². The SMILES string of the molecule is CC\C=C/C=C\C=C/C=C\C=C/CCCC(=O)OC(COC(=O)CCCCCCCCCCC/C=C\C/C=C\C/C=C\CC)COC(=O)CCCCCCCCCCCCC. The number of rotatable bonds is 43. The minimum absolute atomic E-state index is 0.107. The average molecular weight is 847 g/mol. The summed E-state index contributed by atoms with van der Waals surface area (Å²) in [6.45, 7) is 6.30. The van der Waals surface area contributed by atoms with Crippen LogP contribution in [0.1, 0.15) is 213 Å². The third kappa shape index (κ3) is 47.2. The van der Waals surface area contributed by atoms with E-state index in [9.17, 15) is 14.4 Å². The minimum atomic E-state index is -0.814. The van der Waals surface area contributed by atoms with E-state index in [4.69, 9.17) is 14.2 Å². The predicted octanol–water partition coefficient (Wildman–Crippen LogP) is 16.2. The van der Waals surface area contributed by atoms with Gasteiger partial charge in [0, 0.05) is 19.3 Å². The molecule has 0 bridgehead atoms. The van der Waals surface area contributed by atoms with Crippen molar-refractivity contribution >= 4 is 17.9 Å². The van der Waals surface area contributed by atoms with Gasteiger partial charge in [-0.3, -0.25) is 14.4 Å². The third-order valence-electron chi connectivity index (χ3n) is 10.2. The molecule has 0 aromatic carbocycles. The number of allylic oxidation sites excluding steroid dienone is 16. The van der Waals surface area contributed by atoms with Crippen LogP contribution in [0.3, 0.4) is 0 Å². The summed E-state index contributed by atoms with van der Waals surface area (Å²) in [5.74, 6) is -0.993. The van der Waals surface area contributed by atoms with Gasteiger partial charge in [-0.05, 0) is 64.2 Å². The maximum Gasteiger partial charge on any atom is 0.306 e. The fourth-order valence-electron chi connectivity index (χ4n) is 6.54. The summed E-state index contributed by atoms with van der Waals surface area (Å²) in [6.07, 6.45) is 64.0. The molecule has 0 spiro atoms. The highest BCUT2D eigenvalue weighted by molar-refractivity contribution is 5.71. The molecule has 0 rings (SSSR count). The van der Waals surface area contributed by atoms with Gasteiger partial charge in [0.25, 0.3) is 0 Å². The Hall–Kier alpha value is -3.67. The number of hydrogen-bond donors (Lipinski definition) is 0. The van der Waals surface area contributed by atoms with E-state index in [-0.39, 0.29) is 37.5 Å². The Kier molecular flexibility index (Phi) is 46.0. The van der Waals surface area contributed by atoms with Crippen LogP contribution in [0, 0.1) is 0 Å². The predicted molar refractivity (Wildman–Crippen MR) is 260 cm³/mol. The molecule has 0 aromatic rings. The third-order valence-corrected chi connectivity index (χ3v) is 10.2. The Morgan fingerprint density at radius 2 is 0.738 bits per heavy atom. The topological polar surface area (TPSA) is 78.9 Å². The molecule has 0 saturated carbocycles. The second-order valence-corrected chi connectivity index (χ2v) is 16.1. The zero-order chi connectivity index (χ0) is 44.4. The van der Waals surface area contributed by atoms with E-state index in [2.05, 4.69) is 63.3 Å². The maximum absolute atomic E-state index is 12.7. The van der Waals surface area contributed by atoms with Crippen molar-refractivity contribution in [3.8, 4) is 0 Å². The van der Waals surface area contributed by atoms with E-state index in [0.29, 0.717) is 19.3 Å². The van der Waals surface area contributed by atoms with E-state index in [1.54, 1.807) is 0 Å². The first-order valence-corrected chi connectivity index (χ1v) is 24.8. The average Bonchev–Trinajstić information content (AvgIpc) is 3.26. The van der Waals surface area contributed by atoms with Crippen molar-refractivity contribution in [2.24, 2.45) is 0 Å². The van der Waals surface area contributed by atoms with Crippen molar-refractivity contribution < 1.29 is 28.6 Å². The van der Waals surface area contributed by atoms with Crippen LogP contribution < -0.4 is 0 Å². The molecular weight excluding hydrogens is 757 g/mol. The van der Waals surface area contributed by atoms with Gasteiger partial charge in [0.2, 0.25) is 0 Å². The number of ether oxygens (including phenoxy) is 3. The van der Waals surface area contributed by atoms with Crippen molar-refractivity contribution in [2.45, 2.75) is 219 Å². The molecule has 0 N–H and O–H groups in total. The normalized spacial score (nSPS) is 12.9. The van der Waals surface area contributed by atoms with Gasteiger partial charge < -0.3 is 14.2 Å².